The summed E-state index contributed by atoms with van der Waals surface area (Å²) in [6.45, 7) is 4.74. The van der Waals surface area contributed by atoms with Crippen LogP contribution < -0.4 is 16.2 Å². The number of amides is 3. The van der Waals surface area contributed by atoms with Crippen LogP contribution in [0.1, 0.15) is 34.6 Å². The molecule has 3 N–H and O–H groups in total. The normalized spacial score (nSPS) is 14.5. The molecule has 0 aromatic heterocycles. The zero-order valence-corrected chi connectivity index (χ0v) is 23.2. The van der Waals surface area contributed by atoms with Gasteiger partial charge in [0.15, 0.2) is 0 Å². The molecule has 0 saturated carbocycles. The highest BCUT2D eigenvalue weighted by molar-refractivity contribution is 7.89. The SMILES string of the molecule is CCN(CC)S(=O)(=O)c1ccc(C(=O)NNC(=O)CNC(=O)c2ccc(S(=O)(=O)N3CCOCC3)cc2)cc1. The second kappa shape index (κ2) is 13.1. The molecular formula is C24H31N5O8S2. The molecule has 0 aliphatic carbocycles. The van der Waals surface area contributed by atoms with Crippen molar-refractivity contribution in [1.82, 2.24) is 24.8 Å². The van der Waals surface area contributed by atoms with Gasteiger partial charge in [0, 0.05) is 37.3 Å². The number of carbonyl (C=O) groups is 3. The van der Waals surface area contributed by atoms with Gasteiger partial charge in [0.2, 0.25) is 20.0 Å². The van der Waals surface area contributed by atoms with E-state index in [0.717, 1.165) is 0 Å². The average Bonchev–Trinajstić information content (AvgIpc) is 2.95. The molecule has 0 radical (unpaired) electrons. The Morgan fingerprint density at radius 2 is 1.31 bits per heavy atom. The lowest BCUT2D eigenvalue weighted by Crippen LogP contribution is -2.46. The number of rotatable bonds is 10. The summed E-state index contributed by atoms with van der Waals surface area (Å²) >= 11 is 0. The van der Waals surface area contributed by atoms with E-state index in [1.807, 2.05) is 0 Å². The Bertz CT molecular complexity index is 1380. The third-order valence-corrected chi connectivity index (χ3v) is 9.89. The third kappa shape index (κ3) is 7.39. The van der Waals surface area contributed by atoms with Gasteiger partial charge in [0.05, 0.1) is 29.5 Å². The lowest BCUT2D eigenvalue weighted by Gasteiger charge is -2.26. The van der Waals surface area contributed by atoms with Crippen molar-refractivity contribution < 1.29 is 36.0 Å². The maximum absolute atomic E-state index is 12.7. The van der Waals surface area contributed by atoms with Crippen LogP contribution in [0.5, 0.6) is 0 Å². The minimum Gasteiger partial charge on any atom is -0.379 e. The number of sulfonamides is 2. The molecule has 3 amide bonds. The minimum absolute atomic E-state index is 0.0418. The molecule has 0 spiro atoms. The van der Waals surface area contributed by atoms with Crippen LogP contribution in [0.3, 0.4) is 0 Å². The molecule has 3 rings (SSSR count). The van der Waals surface area contributed by atoms with E-state index >= 15 is 0 Å². The molecule has 212 valence electrons. The molecule has 15 heteroatoms. The van der Waals surface area contributed by atoms with E-state index in [2.05, 4.69) is 16.2 Å². The highest BCUT2D eigenvalue weighted by Crippen LogP contribution is 2.18. The highest BCUT2D eigenvalue weighted by Gasteiger charge is 2.26. The van der Waals surface area contributed by atoms with E-state index in [4.69, 9.17) is 4.74 Å². The highest BCUT2D eigenvalue weighted by atomic mass is 32.2. The van der Waals surface area contributed by atoms with Gasteiger partial charge >= 0.3 is 0 Å². The quantitative estimate of drug-likeness (QED) is 0.327. The van der Waals surface area contributed by atoms with Crippen molar-refractivity contribution in [2.45, 2.75) is 23.6 Å². The predicted molar refractivity (Wildman–Crippen MR) is 141 cm³/mol. The second-order valence-corrected chi connectivity index (χ2v) is 12.2. The van der Waals surface area contributed by atoms with Crippen molar-refractivity contribution in [2.75, 3.05) is 45.9 Å². The van der Waals surface area contributed by atoms with Gasteiger partial charge in [0.25, 0.3) is 17.7 Å². The van der Waals surface area contributed by atoms with Crippen LogP contribution in [0.25, 0.3) is 0 Å². The summed E-state index contributed by atoms with van der Waals surface area (Å²) in [4.78, 5) is 36.8. The van der Waals surface area contributed by atoms with Crippen molar-refractivity contribution in [3.05, 3.63) is 59.7 Å². The summed E-state index contributed by atoms with van der Waals surface area (Å²) in [6.07, 6.45) is 0. The fourth-order valence-corrected chi connectivity index (χ4v) is 6.58. The van der Waals surface area contributed by atoms with Gasteiger partial charge in [-0.1, -0.05) is 13.8 Å². The number of ether oxygens (including phenoxy) is 1. The van der Waals surface area contributed by atoms with Gasteiger partial charge < -0.3 is 10.1 Å². The Morgan fingerprint density at radius 3 is 1.85 bits per heavy atom. The number of benzene rings is 2. The summed E-state index contributed by atoms with van der Waals surface area (Å²) in [5.41, 5.74) is 4.61. The third-order valence-electron chi connectivity index (χ3n) is 5.91. The Kier molecular flexibility index (Phi) is 10.2. The number of morpholine rings is 1. The molecular weight excluding hydrogens is 550 g/mol. The van der Waals surface area contributed by atoms with Gasteiger partial charge in [-0.05, 0) is 48.5 Å². The maximum atomic E-state index is 12.7. The molecule has 1 heterocycles. The van der Waals surface area contributed by atoms with Crippen molar-refractivity contribution in [2.24, 2.45) is 0 Å². The molecule has 1 aliphatic rings. The lowest BCUT2D eigenvalue weighted by molar-refractivity contribution is -0.120. The van der Waals surface area contributed by atoms with Crippen LogP contribution >= 0.6 is 0 Å². The predicted octanol–water partition coefficient (Wildman–Crippen LogP) is -0.0710. The fraction of sp³-hybridized carbons (Fsp3) is 0.375. The van der Waals surface area contributed by atoms with Gasteiger partial charge in [0.1, 0.15) is 0 Å². The Balaban J connectivity index is 1.49. The number of hydrogen-bond donors (Lipinski definition) is 3. The van der Waals surface area contributed by atoms with Crippen LogP contribution in [0.2, 0.25) is 0 Å². The van der Waals surface area contributed by atoms with Crippen molar-refractivity contribution in [3.63, 3.8) is 0 Å². The topological polar surface area (TPSA) is 171 Å². The molecule has 2 aromatic rings. The summed E-state index contributed by atoms with van der Waals surface area (Å²) in [5.74, 6) is -2.01. The minimum atomic E-state index is -3.70. The summed E-state index contributed by atoms with van der Waals surface area (Å²) in [5, 5.41) is 2.38. The maximum Gasteiger partial charge on any atom is 0.269 e. The smallest absolute Gasteiger partial charge is 0.269 e. The van der Waals surface area contributed by atoms with Crippen molar-refractivity contribution in [3.8, 4) is 0 Å². The fourth-order valence-electron chi connectivity index (χ4n) is 3.71. The molecule has 13 nitrogen and oxygen atoms in total. The van der Waals surface area contributed by atoms with E-state index in [-0.39, 0.29) is 34.0 Å². The van der Waals surface area contributed by atoms with E-state index in [1.165, 1.54) is 57.1 Å². The molecule has 39 heavy (non-hydrogen) atoms. The van der Waals surface area contributed by atoms with Crippen molar-refractivity contribution in [1.29, 1.82) is 0 Å². The van der Waals surface area contributed by atoms with Crippen LogP contribution in [0.4, 0.5) is 0 Å². The summed E-state index contributed by atoms with van der Waals surface area (Å²) in [7, 11) is -7.37. The largest absolute Gasteiger partial charge is 0.379 e. The molecule has 0 unspecified atom stereocenters. The van der Waals surface area contributed by atoms with Gasteiger partial charge in [-0.15, -0.1) is 0 Å². The summed E-state index contributed by atoms with van der Waals surface area (Å²) < 4.78 is 58.2. The first kappa shape index (κ1) is 30.2. The van der Waals surface area contributed by atoms with Crippen molar-refractivity contribution >= 4 is 37.8 Å². The van der Waals surface area contributed by atoms with E-state index in [1.54, 1.807) is 13.8 Å². The number of hydrogen-bond acceptors (Lipinski definition) is 8. The molecule has 0 bridgehead atoms. The van der Waals surface area contributed by atoms with Gasteiger partial charge in [-0.2, -0.15) is 8.61 Å². The van der Waals surface area contributed by atoms with Crippen LogP contribution in [0.15, 0.2) is 58.3 Å². The van der Waals surface area contributed by atoms with E-state index < -0.39 is 44.3 Å². The first-order valence-electron chi connectivity index (χ1n) is 12.2. The van der Waals surface area contributed by atoms with E-state index in [0.29, 0.717) is 26.3 Å². The van der Waals surface area contributed by atoms with Crippen LogP contribution in [-0.4, -0.2) is 89.1 Å². The first-order valence-corrected chi connectivity index (χ1v) is 15.0. The standard InChI is InChI=1S/C24H31N5O8S2/c1-3-28(4-2)38(33,34)20-11-7-19(8-12-20)24(32)27-26-22(30)17-25-23(31)18-5-9-21(10-6-18)39(35,36)29-13-15-37-16-14-29/h5-12H,3-4,13-17H2,1-2H3,(H,25,31)(H,26,30)(H,27,32). The number of nitrogens with zero attached hydrogens (tertiary/aromatic N) is 2. The first-order chi connectivity index (χ1) is 18.5. The van der Waals surface area contributed by atoms with Gasteiger partial charge in [-0.25, -0.2) is 16.8 Å². The second-order valence-electron chi connectivity index (χ2n) is 8.34. The molecule has 1 saturated heterocycles. The lowest BCUT2D eigenvalue weighted by atomic mass is 10.2. The Morgan fingerprint density at radius 1 is 0.795 bits per heavy atom. The molecule has 2 aromatic carbocycles. The van der Waals surface area contributed by atoms with Crippen LogP contribution in [0, 0.1) is 0 Å². The Hall–Kier alpha value is -3.37. The number of carbonyl (C=O) groups excluding carboxylic acids is 3. The number of nitrogens with one attached hydrogen (secondary N) is 3. The zero-order chi connectivity index (χ0) is 28.6. The van der Waals surface area contributed by atoms with E-state index in [9.17, 15) is 31.2 Å². The van der Waals surface area contributed by atoms with Crippen LogP contribution in [-0.2, 0) is 29.6 Å². The monoisotopic (exact) mass is 581 g/mol. The Labute approximate surface area is 227 Å². The zero-order valence-electron chi connectivity index (χ0n) is 21.5. The average molecular weight is 582 g/mol. The van der Waals surface area contributed by atoms with Gasteiger partial charge in [-0.3, -0.25) is 25.2 Å². The molecule has 1 fully saturated rings. The number of hydrazine groups is 1. The molecule has 0 atom stereocenters. The molecule has 1 aliphatic heterocycles. The summed E-state index contributed by atoms with van der Waals surface area (Å²) in [6, 6.07) is 10.6.